The number of hydrogen-bond donors (Lipinski definition) is 3. The number of nitrogens with zero attached hydrogens (tertiary/aromatic N) is 3. The fourth-order valence-electron chi connectivity index (χ4n) is 4.51. The maximum atomic E-state index is 13.6. The predicted molar refractivity (Wildman–Crippen MR) is 119 cm³/mol. The van der Waals surface area contributed by atoms with Crippen molar-refractivity contribution in [1.29, 1.82) is 0 Å². The number of aromatic nitrogens is 3. The predicted octanol–water partition coefficient (Wildman–Crippen LogP) is 3.13. The van der Waals surface area contributed by atoms with Crippen molar-refractivity contribution >= 4 is 23.1 Å². The molecule has 1 amide bonds. The molecule has 4 aromatic rings. The van der Waals surface area contributed by atoms with Gasteiger partial charge >= 0.3 is 0 Å². The fraction of sp³-hybridized carbons (Fsp3) is 0.208. The van der Waals surface area contributed by atoms with E-state index in [1.807, 2.05) is 18.2 Å². The van der Waals surface area contributed by atoms with Crippen LogP contribution in [0.2, 0.25) is 0 Å². The molecule has 9 heteroatoms. The molecular formula is C24H20FN5O3. The number of hydrogen-bond acceptors (Lipinski definition) is 6. The number of benzene rings is 1. The molecule has 5 heterocycles. The summed E-state index contributed by atoms with van der Waals surface area (Å²) in [6.45, 7) is 1.16. The molecule has 0 aliphatic carbocycles. The molecule has 0 radical (unpaired) electrons. The number of carbonyl (C=O) groups excluding carboxylic acids is 1. The van der Waals surface area contributed by atoms with Crippen LogP contribution in [-0.4, -0.2) is 38.6 Å². The SMILES string of the molecule is O=C1NCc2c(-c3cnc4cc(F)ccn34)ccc(Nc3ccc(C4(O)CCOC4)cn3)c21. The van der Waals surface area contributed by atoms with E-state index >= 15 is 0 Å². The van der Waals surface area contributed by atoms with Crippen molar-refractivity contribution in [2.75, 3.05) is 18.5 Å². The lowest BCUT2D eigenvalue weighted by Gasteiger charge is -2.20. The fourth-order valence-corrected chi connectivity index (χ4v) is 4.51. The van der Waals surface area contributed by atoms with E-state index in [9.17, 15) is 14.3 Å². The number of ether oxygens (including phenoxy) is 1. The van der Waals surface area contributed by atoms with E-state index in [0.29, 0.717) is 47.9 Å². The van der Waals surface area contributed by atoms with Crippen LogP contribution in [0, 0.1) is 5.82 Å². The zero-order valence-corrected chi connectivity index (χ0v) is 17.5. The van der Waals surface area contributed by atoms with Gasteiger partial charge in [0.1, 0.15) is 22.9 Å². The van der Waals surface area contributed by atoms with E-state index < -0.39 is 5.60 Å². The van der Waals surface area contributed by atoms with Crippen LogP contribution in [0.4, 0.5) is 15.9 Å². The standard InChI is InChI=1S/C24H20FN5O3/c25-15-5-7-30-19(12-27-21(30)9-15)16-2-3-18(22-17(16)11-28-23(22)31)29-20-4-1-14(10-26-20)24(32)6-8-33-13-24/h1-5,7,9-10,12,32H,6,8,11,13H2,(H,26,29)(H,28,31). The van der Waals surface area contributed by atoms with Crippen LogP contribution in [0.15, 0.2) is 55.0 Å². The number of amides is 1. The van der Waals surface area contributed by atoms with Crippen molar-refractivity contribution in [1.82, 2.24) is 19.7 Å². The summed E-state index contributed by atoms with van der Waals surface area (Å²) < 4.78 is 20.7. The van der Waals surface area contributed by atoms with Gasteiger partial charge in [-0.15, -0.1) is 0 Å². The number of halogens is 1. The molecule has 1 atom stereocenters. The Morgan fingerprint density at radius 3 is 2.88 bits per heavy atom. The monoisotopic (exact) mass is 445 g/mol. The molecule has 3 N–H and O–H groups in total. The highest BCUT2D eigenvalue weighted by Crippen LogP contribution is 2.36. The number of aliphatic hydroxyl groups is 1. The number of pyridine rings is 2. The van der Waals surface area contributed by atoms with Gasteiger partial charge in [-0.25, -0.2) is 14.4 Å². The number of imidazole rings is 1. The Bertz CT molecular complexity index is 1390. The maximum absolute atomic E-state index is 13.6. The third-order valence-corrected chi connectivity index (χ3v) is 6.28. The van der Waals surface area contributed by atoms with E-state index in [-0.39, 0.29) is 18.3 Å². The normalized spacial score (nSPS) is 19.6. The first kappa shape index (κ1) is 19.8. The number of fused-ring (bicyclic) bond motifs is 2. The summed E-state index contributed by atoms with van der Waals surface area (Å²) in [6.07, 6.45) is 5.47. The largest absolute Gasteiger partial charge is 0.383 e. The summed E-state index contributed by atoms with van der Waals surface area (Å²) in [4.78, 5) is 21.4. The zero-order chi connectivity index (χ0) is 22.6. The summed E-state index contributed by atoms with van der Waals surface area (Å²) in [5, 5.41) is 16.8. The minimum absolute atomic E-state index is 0.178. The Morgan fingerprint density at radius 2 is 2.09 bits per heavy atom. The second-order valence-electron chi connectivity index (χ2n) is 8.30. The maximum Gasteiger partial charge on any atom is 0.254 e. The van der Waals surface area contributed by atoms with Gasteiger partial charge in [0, 0.05) is 49.2 Å². The van der Waals surface area contributed by atoms with Gasteiger partial charge in [0.25, 0.3) is 5.91 Å². The Kier molecular flexibility index (Phi) is 4.42. The minimum atomic E-state index is -1.01. The molecule has 3 aromatic heterocycles. The summed E-state index contributed by atoms with van der Waals surface area (Å²) in [7, 11) is 0. The highest BCUT2D eigenvalue weighted by Gasteiger charge is 2.34. The van der Waals surface area contributed by atoms with Gasteiger partial charge in [0.2, 0.25) is 0 Å². The lowest BCUT2D eigenvalue weighted by Crippen LogP contribution is -2.25. The van der Waals surface area contributed by atoms with Crippen molar-refractivity contribution in [3.63, 3.8) is 0 Å². The van der Waals surface area contributed by atoms with Gasteiger partial charge in [-0.2, -0.15) is 0 Å². The molecule has 0 bridgehead atoms. The van der Waals surface area contributed by atoms with Crippen LogP contribution in [-0.2, 0) is 16.9 Å². The van der Waals surface area contributed by atoms with E-state index in [2.05, 4.69) is 20.6 Å². The van der Waals surface area contributed by atoms with Gasteiger partial charge in [-0.3, -0.25) is 9.20 Å². The second-order valence-corrected chi connectivity index (χ2v) is 8.30. The average molecular weight is 445 g/mol. The van der Waals surface area contributed by atoms with Crippen molar-refractivity contribution < 1.29 is 19.0 Å². The lowest BCUT2D eigenvalue weighted by molar-refractivity contribution is 0.0229. The molecule has 0 spiro atoms. The molecule has 1 unspecified atom stereocenters. The van der Waals surface area contributed by atoms with Crippen LogP contribution < -0.4 is 10.6 Å². The van der Waals surface area contributed by atoms with Gasteiger partial charge in [0.05, 0.1) is 29.7 Å². The molecule has 2 aliphatic heterocycles. The Labute approximate surface area is 188 Å². The lowest BCUT2D eigenvalue weighted by atomic mass is 9.95. The third kappa shape index (κ3) is 3.24. The number of rotatable bonds is 4. The first-order valence-electron chi connectivity index (χ1n) is 10.6. The molecule has 8 nitrogen and oxygen atoms in total. The van der Waals surface area contributed by atoms with Crippen molar-refractivity contribution in [2.45, 2.75) is 18.6 Å². The summed E-state index contributed by atoms with van der Waals surface area (Å²) >= 11 is 0. The third-order valence-electron chi connectivity index (χ3n) is 6.28. The smallest absolute Gasteiger partial charge is 0.254 e. The zero-order valence-electron chi connectivity index (χ0n) is 17.5. The first-order valence-corrected chi connectivity index (χ1v) is 10.6. The molecule has 1 aromatic carbocycles. The minimum Gasteiger partial charge on any atom is -0.383 e. The quantitative estimate of drug-likeness (QED) is 0.446. The van der Waals surface area contributed by atoms with Crippen molar-refractivity contribution in [3.8, 4) is 11.3 Å². The van der Waals surface area contributed by atoms with E-state index in [0.717, 1.165) is 16.8 Å². The molecular weight excluding hydrogens is 425 g/mol. The second kappa shape index (κ2) is 7.36. The molecule has 166 valence electrons. The molecule has 6 rings (SSSR count). The van der Waals surface area contributed by atoms with Gasteiger partial charge in [0.15, 0.2) is 0 Å². The van der Waals surface area contributed by atoms with E-state index in [1.165, 1.54) is 12.1 Å². The number of anilines is 2. The van der Waals surface area contributed by atoms with Crippen LogP contribution >= 0.6 is 0 Å². The van der Waals surface area contributed by atoms with Crippen LogP contribution in [0.5, 0.6) is 0 Å². The molecule has 1 fully saturated rings. The first-order chi connectivity index (χ1) is 16.0. The van der Waals surface area contributed by atoms with Crippen LogP contribution in [0.25, 0.3) is 16.9 Å². The topological polar surface area (TPSA) is 101 Å². The summed E-state index contributed by atoms with van der Waals surface area (Å²) in [5.74, 6) is 0.0248. The average Bonchev–Trinajstić information content (AvgIpc) is 3.54. The molecule has 33 heavy (non-hydrogen) atoms. The van der Waals surface area contributed by atoms with Crippen molar-refractivity contribution in [2.24, 2.45) is 0 Å². The summed E-state index contributed by atoms with van der Waals surface area (Å²) in [6, 6.07) is 10.1. The van der Waals surface area contributed by atoms with Gasteiger partial charge in [-0.05, 0) is 23.8 Å². The molecule has 0 saturated carbocycles. The Morgan fingerprint density at radius 1 is 1.18 bits per heavy atom. The van der Waals surface area contributed by atoms with Gasteiger partial charge < -0.3 is 20.5 Å². The van der Waals surface area contributed by atoms with Crippen LogP contribution in [0.3, 0.4) is 0 Å². The van der Waals surface area contributed by atoms with Gasteiger partial charge in [-0.1, -0.05) is 12.1 Å². The highest BCUT2D eigenvalue weighted by molar-refractivity contribution is 6.06. The van der Waals surface area contributed by atoms with E-state index in [1.54, 1.807) is 29.1 Å². The van der Waals surface area contributed by atoms with Crippen LogP contribution in [0.1, 0.15) is 27.9 Å². The molecule has 1 saturated heterocycles. The number of nitrogens with one attached hydrogen (secondary N) is 2. The van der Waals surface area contributed by atoms with Crippen molar-refractivity contribution in [3.05, 3.63) is 77.5 Å². The number of carbonyl (C=O) groups is 1. The summed E-state index contributed by atoms with van der Waals surface area (Å²) in [5.41, 5.74) is 3.82. The van der Waals surface area contributed by atoms with E-state index in [4.69, 9.17) is 4.74 Å². The Balaban J connectivity index is 1.36. The molecule has 2 aliphatic rings. The highest BCUT2D eigenvalue weighted by atomic mass is 19.1. The Hall–Kier alpha value is -3.82.